The third-order valence-corrected chi connectivity index (χ3v) is 5.34. The second-order valence-electron chi connectivity index (χ2n) is 5.71. The van der Waals surface area contributed by atoms with Gasteiger partial charge in [-0.05, 0) is 30.9 Å². The Hall–Kier alpha value is -2.48. The highest BCUT2D eigenvalue weighted by Crippen LogP contribution is 2.39. The monoisotopic (exact) mass is 362 g/mol. The molecule has 0 bridgehead atoms. The lowest BCUT2D eigenvalue weighted by molar-refractivity contribution is -0.137. The van der Waals surface area contributed by atoms with Crippen molar-refractivity contribution >= 4 is 33.6 Å². The largest absolute Gasteiger partial charge is 0.417 e. The number of hydrogen-bond acceptors (Lipinski definition) is 5. The number of anilines is 1. The summed E-state index contributed by atoms with van der Waals surface area (Å²) in [6, 6.07) is 5.32. The molecule has 4 nitrogen and oxygen atoms in total. The van der Waals surface area contributed by atoms with Gasteiger partial charge in [-0.15, -0.1) is 11.3 Å². The van der Waals surface area contributed by atoms with Gasteiger partial charge in [-0.3, -0.25) is 5.43 Å². The van der Waals surface area contributed by atoms with Crippen molar-refractivity contribution in [1.82, 2.24) is 9.97 Å². The van der Waals surface area contributed by atoms with E-state index in [-0.39, 0.29) is 5.56 Å². The first kappa shape index (κ1) is 16.0. The second kappa shape index (κ2) is 6.11. The Morgan fingerprint density at radius 2 is 2.00 bits per heavy atom. The first-order valence-electron chi connectivity index (χ1n) is 7.74. The van der Waals surface area contributed by atoms with Gasteiger partial charge in [0.1, 0.15) is 11.2 Å². The van der Waals surface area contributed by atoms with Crippen LogP contribution in [0.3, 0.4) is 0 Å². The number of alkyl halides is 3. The van der Waals surface area contributed by atoms with Crippen LogP contribution in [0.5, 0.6) is 0 Å². The van der Waals surface area contributed by atoms with Crippen LogP contribution in [0, 0.1) is 0 Å². The van der Waals surface area contributed by atoms with Gasteiger partial charge < -0.3 is 0 Å². The summed E-state index contributed by atoms with van der Waals surface area (Å²) in [6.07, 6.45) is 1.31. The zero-order valence-electron chi connectivity index (χ0n) is 13.0. The van der Waals surface area contributed by atoms with Crippen molar-refractivity contribution in [1.29, 1.82) is 0 Å². The van der Waals surface area contributed by atoms with E-state index in [0.717, 1.165) is 35.5 Å². The molecular formula is C17H13F3N4S. The molecule has 0 saturated heterocycles. The fourth-order valence-electron chi connectivity index (χ4n) is 3.04. The maximum atomic E-state index is 13.0. The van der Waals surface area contributed by atoms with Crippen LogP contribution in [-0.4, -0.2) is 16.2 Å². The van der Waals surface area contributed by atoms with Gasteiger partial charge in [0.2, 0.25) is 0 Å². The number of fused-ring (bicyclic) bond motifs is 3. The van der Waals surface area contributed by atoms with Crippen LogP contribution in [-0.2, 0) is 19.0 Å². The van der Waals surface area contributed by atoms with Crippen molar-refractivity contribution in [3.8, 4) is 0 Å². The number of benzene rings is 1. The summed E-state index contributed by atoms with van der Waals surface area (Å²) in [5.41, 5.74) is 3.30. The number of aromatic nitrogens is 2. The van der Waals surface area contributed by atoms with Gasteiger partial charge in [0.15, 0.2) is 5.82 Å². The number of hydrazone groups is 1. The van der Waals surface area contributed by atoms with Crippen LogP contribution in [0.2, 0.25) is 0 Å². The average Bonchev–Trinajstić information content (AvgIpc) is 3.15. The molecule has 2 aromatic heterocycles. The third-order valence-electron chi connectivity index (χ3n) is 4.14. The highest BCUT2D eigenvalue weighted by molar-refractivity contribution is 7.19. The van der Waals surface area contributed by atoms with Gasteiger partial charge in [-0.1, -0.05) is 18.2 Å². The van der Waals surface area contributed by atoms with Gasteiger partial charge in [0, 0.05) is 10.4 Å². The lowest BCUT2D eigenvalue weighted by Gasteiger charge is -2.09. The number of thiophene rings is 1. The lowest BCUT2D eigenvalue weighted by Crippen LogP contribution is -2.09. The standard InChI is InChI=1S/C17H13F3N4S/c18-17(19,20)12-6-2-1-4-10(12)8-23-24-15-14-11-5-3-7-13(11)25-16(14)22-9-21-15/h1-2,4,6,8-9H,3,5,7H2,(H,21,22,24)/b23-8-. The molecule has 0 saturated carbocycles. The molecule has 0 radical (unpaired) electrons. The molecule has 0 amide bonds. The van der Waals surface area contributed by atoms with Crippen LogP contribution in [0.15, 0.2) is 35.7 Å². The SMILES string of the molecule is FC(F)(F)c1ccccc1/C=N\Nc1ncnc2sc3c(c12)CCC3. The van der Waals surface area contributed by atoms with Crippen molar-refractivity contribution in [3.63, 3.8) is 0 Å². The van der Waals surface area contributed by atoms with E-state index in [1.165, 1.54) is 35.1 Å². The van der Waals surface area contributed by atoms with Crippen molar-refractivity contribution in [2.45, 2.75) is 25.4 Å². The first-order valence-corrected chi connectivity index (χ1v) is 8.56. The highest BCUT2D eigenvalue weighted by Gasteiger charge is 2.32. The molecule has 8 heteroatoms. The Labute approximate surface area is 145 Å². The van der Waals surface area contributed by atoms with E-state index in [1.54, 1.807) is 17.4 Å². The summed E-state index contributed by atoms with van der Waals surface area (Å²) < 4.78 is 39.0. The number of nitrogens with zero attached hydrogens (tertiary/aromatic N) is 3. The zero-order valence-corrected chi connectivity index (χ0v) is 13.8. The summed E-state index contributed by atoms with van der Waals surface area (Å²) in [7, 11) is 0. The van der Waals surface area contributed by atoms with Crippen LogP contribution in [0.1, 0.15) is 28.0 Å². The van der Waals surface area contributed by atoms with Gasteiger partial charge in [-0.25, -0.2) is 9.97 Å². The van der Waals surface area contributed by atoms with Gasteiger partial charge in [0.25, 0.3) is 0 Å². The molecular weight excluding hydrogens is 349 g/mol. The number of nitrogens with one attached hydrogen (secondary N) is 1. The van der Waals surface area contributed by atoms with E-state index in [0.29, 0.717) is 5.82 Å². The Morgan fingerprint density at radius 1 is 1.16 bits per heavy atom. The Kier molecular flexibility index (Phi) is 3.91. The van der Waals surface area contributed by atoms with Gasteiger partial charge in [-0.2, -0.15) is 18.3 Å². The molecule has 25 heavy (non-hydrogen) atoms. The molecule has 0 unspecified atom stereocenters. The Bertz CT molecular complexity index is 962. The number of rotatable bonds is 3. The molecule has 1 N–H and O–H groups in total. The number of aryl methyl sites for hydroxylation is 2. The van der Waals surface area contributed by atoms with E-state index in [1.807, 2.05) is 0 Å². The lowest BCUT2D eigenvalue weighted by atomic mass is 10.1. The van der Waals surface area contributed by atoms with Crippen LogP contribution in [0.4, 0.5) is 19.0 Å². The quantitative estimate of drug-likeness (QED) is 0.545. The zero-order chi connectivity index (χ0) is 17.4. The fourth-order valence-corrected chi connectivity index (χ4v) is 4.27. The minimum absolute atomic E-state index is 0.00310. The molecule has 0 fully saturated rings. The van der Waals surface area contributed by atoms with E-state index in [4.69, 9.17) is 0 Å². The van der Waals surface area contributed by atoms with Crippen LogP contribution >= 0.6 is 11.3 Å². The Balaban J connectivity index is 1.65. The molecule has 0 spiro atoms. The van der Waals surface area contributed by atoms with Crippen molar-refractivity contribution in [3.05, 3.63) is 52.2 Å². The number of halogens is 3. The van der Waals surface area contributed by atoms with E-state index in [9.17, 15) is 13.2 Å². The molecule has 128 valence electrons. The minimum atomic E-state index is -4.42. The third kappa shape index (κ3) is 2.97. The minimum Gasteiger partial charge on any atom is -0.261 e. The Morgan fingerprint density at radius 3 is 2.84 bits per heavy atom. The summed E-state index contributed by atoms with van der Waals surface area (Å²) in [6.45, 7) is 0. The maximum absolute atomic E-state index is 13.0. The molecule has 1 aromatic carbocycles. The van der Waals surface area contributed by atoms with E-state index in [2.05, 4.69) is 20.5 Å². The molecule has 3 aromatic rings. The molecule has 2 heterocycles. The fraction of sp³-hybridized carbons (Fsp3) is 0.235. The second-order valence-corrected chi connectivity index (χ2v) is 6.80. The summed E-state index contributed by atoms with van der Waals surface area (Å²) >= 11 is 1.64. The maximum Gasteiger partial charge on any atom is 0.417 e. The molecule has 4 rings (SSSR count). The smallest absolute Gasteiger partial charge is 0.261 e. The normalized spacial score (nSPS) is 14.4. The molecule has 1 aliphatic rings. The summed E-state index contributed by atoms with van der Waals surface area (Å²) in [5.74, 6) is 0.533. The van der Waals surface area contributed by atoms with E-state index >= 15 is 0 Å². The predicted molar refractivity (Wildman–Crippen MR) is 92.1 cm³/mol. The van der Waals surface area contributed by atoms with Gasteiger partial charge >= 0.3 is 6.18 Å². The van der Waals surface area contributed by atoms with Gasteiger partial charge in [0.05, 0.1) is 17.2 Å². The molecule has 0 aliphatic heterocycles. The van der Waals surface area contributed by atoms with Crippen molar-refractivity contribution in [2.24, 2.45) is 5.10 Å². The van der Waals surface area contributed by atoms with Crippen LogP contribution < -0.4 is 5.43 Å². The first-order chi connectivity index (χ1) is 12.0. The highest BCUT2D eigenvalue weighted by atomic mass is 32.1. The van der Waals surface area contributed by atoms with Crippen molar-refractivity contribution in [2.75, 3.05) is 5.43 Å². The molecule has 1 aliphatic carbocycles. The predicted octanol–water partition coefficient (Wildman–Crippen LogP) is 4.64. The van der Waals surface area contributed by atoms with Crippen molar-refractivity contribution < 1.29 is 13.2 Å². The number of hydrogen-bond donors (Lipinski definition) is 1. The molecule has 0 atom stereocenters. The topological polar surface area (TPSA) is 50.2 Å². The van der Waals surface area contributed by atoms with E-state index < -0.39 is 11.7 Å². The average molecular weight is 362 g/mol. The summed E-state index contributed by atoms with van der Waals surface area (Å²) in [4.78, 5) is 10.7. The summed E-state index contributed by atoms with van der Waals surface area (Å²) in [5, 5.41) is 4.91. The van der Waals surface area contributed by atoms with Crippen LogP contribution in [0.25, 0.3) is 10.2 Å².